The molecule has 0 fully saturated rings. The molecule has 0 saturated carbocycles. The summed E-state index contributed by atoms with van der Waals surface area (Å²) in [5, 5.41) is 0. The first-order valence-corrected chi connectivity index (χ1v) is 7.72. The van der Waals surface area contributed by atoms with Crippen LogP contribution < -0.4 is 0 Å². The minimum atomic E-state index is -0.154. The number of rotatable bonds is 11. The van der Waals surface area contributed by atoms with E-state index in [-0.39, 0.29) is 16.9 Å². The first-order valence-electron chi connectivity index (χ1n) is 5.51. The molecule has 0 N–H and O–H groups in total. The van der Waals surface area contributed by atoms with Crippen LogP contribution in [0.4, 0.5) is 0 Å². The van der Waals surface area contributed by atoms with Crippen molar-refractivity contribution in [3.05, 3.63) is 0 Å². The number of hydrogen-bond acceptors (Lipinski definition) is 5. The van der Waals surface area contributed by atoms with E-state index in [9.17, 15) is 4.79 Å². The Kier molecular flexibility index (Phi) is 12.0. The zero-order valence-electron chi connectivity index (χ0n) is 10.9. The van der Waals surface area contributed by atoms with Gasteiger partial charge in [0.25, 0.3) is 0 Å². The molecule has 17 heavy (non-hydrogen) atoms. The Morgan fingerprint density at radius 2 is 1.47 bits per heavy atom. The van der Waals surface area contributed by atoms with Gasteiger partial charge in [-0.3, -0.25) is 0 Å². The van der Waals surface area contributed by atoms with Crippen LogP contribution in [0.2, 0.25) is 0 Å². The molecule has 0 atom stereocenters. The molecular weight excluding hydrogens is 244 g/mol. The molecule has 6 heteroatoms. The van der Waals surface area contributed by atoms with Gasteiger partial charge in [0.15, 0.2) is 0 Å². The van der Waals surface area contributed by atoms with Crippen LogP contribution in [0.1, 0.15) is 0 Å². The molecule has 0 radical (unpaired) electrons. The van der Waals surface area contributed by atoms with E-state index in [2.05, 4.69) is 0 Å². The summed E-state index contributed by atoms with van der Waals surface area (Å²) in [6.45, 7) is 2.93. The monoisotopic (exact) mass is 267 g/mol. The molecule has 0 aliphatic carbocycles. The fraction of sp³-hybridized carbons (Fsp3) is 0.909. The quantitative estimate of drug-likeness (QED) is 0.302. The fourth-order valence-electron chi connectivity index (χ4n) is 0.956. The van der Waals surface area contributed by atoms with Crippen molar-refractivity contribution in [1.29, 1.82) is 0 Å². The average Bonchev–Trinajstić information content (AvgIpc) is 2.26. The van der Waals surface area contributed by atoms with Gasteiger partial charge in [-0.15, -0.1) is 0 Å². The highest BCUT2D eigenvalue weighted by Crippen LogP contribution is 1.88. The summed E-state index contributed by atoms with van der Waals surface area (Å²) in [6, 6.07) is 0. The molecule has 102 valence electrons. The summed E-state index contributed by atoms with van der Waals surface area (Å²) < 4.78 is 20.2. The lowest BCUT2D eigenvalue weighted by Gasteiger charge is -2.06. The van der Waals surface area contributed by atoms with Gasteiger partial charge >= 0.3 is 5.97 Å². The minimum absolute atomic E-state index is 0.0935. The maximum absolute atomic E-state index is 11.2. The van der Waals surface area contributed by atoms with Gasteiger partial charge in [-0.05, 0) is 10.9 Å². The number of methoxy groups -OCH3 is 1. The van der Waals surface area contributed by atoms with Crippen molar-refractivity contribution < 1.29 is 23.7 Å². The van der Waals surface area contributed by atoms with Crippen LogP contribution in [-0.2, 0) is 34.6 Å². The lowest BCUT2D eigenvalue weighted by molar-refractivity contribution is -0.142. The van der Waals surface area contributed by atoms with E-state index in [4.69, 9.17) is 18.9 Å². The number of ether oxygens (including phenoxy) is 4. The molecular formula is C11H23O5S+. The number of carbonyl (C=O) groups excluding carboxylic acids is 1. The van der Waals surface area contributed by atoms with E-state index in [0.717, 1.165) is 0 Å². The van der Waals surface area contributed by atoms with Crippen LogP contribution in [0, 0.1) is 0 Å². The first kappa shape index (κ1) is 16.7. The lowest BCUT2D eigenvalue weighted by atomic mass is 10.7. The lowest BCUT2D eigenvalue weighted by Crippen LogP contribution is -2.19. The van der Waals surface area contributed by atoms with Crippen LogP contribution in [0.25, 0.3) is 0 Å². The Bertz CT molecular complexity index is 187. The highest BCUT2D eigenvalue weighted by molar-refractivity contribution is 7.96. The van der Waals surface area contributed by atoms with Gasteiger partial charge in [0.1, 0.15) is 6.61 Å². The Hall–Kier alpha value is -0.300. The Morgan fingerprint density at radius 1 is 0.941 bits per heavy atom. The van der Waals surface area contributed by atoms with Crippen molar-refractivity contribution >= 4 is 16.9 Å². The van der Waals surface area contributed by atoms with Gasteiger partial charge in [0.05, 0.1) is 45.5 Å². The SMILES string of the molecule is COCCOCCOCCOC(=O)C[S+](C)C. The highest BCUT2D eigenvalue weighted by atomic mass is 32.2. The Labute approximate surface area is 106 Å². The molecule has 0 amide bonds. The zero-order valence-corrected chi connectivity index (χ0v) is 11.7. The van der Waals surface area contributed by atoms with Crippen LogP contribution in [-0.4, -0.2) is 71.0 Å². The zero-order chi connectivity index (χ0) is 12.9. The van der Waals surface area contributed by atoms with E-state index in [1.807, 2.05) is 12.5 Å². The smallest absolute Gasteiger partial charge is 0.356 e. The second-order valence-corrected chi connectivity index (χ2v) is 5.83. The summed E-state index contributed by atoms with van der Waals surface area (Å²) in [4.78, 5) is 11.2. The van der Waals surface area contributed by atoms with Crippen molar-refractivity contribution in [2.24, 2.45) is 0 Å². The fourth-order valence-corrected chi connectivity index (χ4v) is 1.51. The molecule has 0 bridgehead atoms. The van der Waals surface area contributed by atoms with Gasteiger partial charge in [-0.1, -0.05) is 0 Å². The predicted molar refractivity (Wildman–Crippen MR) is 68.6 cm³/mol. The second-order valence-electron chi connectivity index (χ2n) is 3.57. The van der Waals surface area contributed by atoms with Crippen LogP contribution in [0.15, 0.2) is 0 Å². The number of hydrogen-bond donors (Lipinski definition) is 0. The van der Waals surface area contributed by atoms with E-state index >= 15 is 0 Å². The summed E-state index contributed by atoms with van der Waals surface area (Å²) >= 11 is 0. The second kappa shape index (κ2) is 12.2. The number of carbonyl (C=O) groups is 1. The third-order valence-corrected chi connectivity index (χ3v) is 2.51. The number of esters is 1. The molecule has 0 spiro atoms. The molecule has 0 aromatic heterocycles. The molecule has 0 unspecified atom stereocenters. The highest BCUT2D eigenvalue weighted by Gasteiger charge is 2.11. The summed E-state index contributed by atoms with van der Waals surface area (Å²) in [7, 11) is 1.72. The average molecular weight is 267 g/mol. The molecule has 0 aromatic carbocycles. The van der Waals surface area contributed by atoms with E-state index in [0.29, 0.717) is 45.4 Å². The molecule has 0 aromatic rings. The van der Waals surface area contributed by atoms with Crippen LogP contribution in [0.5, 0.6) is 0 Å². The van der Waals surface area contributed by atoms with Crippen molar-refractivity contribution in [3.8, 4) is 0 Å². The van der Waals surface area contributed by atoms with E-state index < -0.39 is 0 Å². The topological polar surface area (TPSA) is 54.0 Å². The standard InChI is InChI=1S/C11H23O5S/c1-13-4-5-14-6-7-15-8-9-16-11(12)10-17(2)3/h4-10H2,1-3H3/q+1. The Morgan fingerprint density at radius 3 is 2.00 bits per heavy atom. The summed E-state index contributed by atoms with van der Waals surface area (Å²) in [5.41, 5.74) is 0. The van der Waals surface area contributed by atoms with Crippen LogP contribution in [0.3, 0.4) is 0 Å². The molecule has 0 heterocycles. The van der Waals surface area contributed by atoms with Gasteiger partial charge in [0.2, 0.25) is 5.75 Å². The van der Waals surface area contributed by atoms with Crippen molar-refractivity contribution in [1.82, 2.24) is 0 Å². The predicted octanol–water partition coefficient (Wildman–Crippen LogP) is 0.0871. The maximum atomic E-state index is 11.2. The minimum Gasteiger partial charge on any atom is -0.460 e. The third-order valence-electron chi connectivity index (χ3n) is 1.70. The van der Waals surface area contributed by atoms with E-state index in [1.165, 1.54) is 0 Å². The molecule has 0 saturated heterocycles. The molecule has 0 aliphatic rings. The molecule has 5 nitrogen and oxygen atoms in total. The van der Waals surface area contributed by atoms with Crippen molar-refractivity contribution in [2.75, 3.05) is 65.0 Å². The van der Waals surface area contributed by atoms with Gasteiger partial charge < -0.3 is 18.9 Å². The normalized spacial score (nSPS) is 10.8. The van der Waals surface area contributed by atoms with Crippen molar-refractivity contribution in [3.63, 3.8) is 0 Å². The van der Waals surface area contributed by atoms with Gasteiger partial charge in [0, 0.05) is 7.11 Å². The molecule has 0 aliphatic heterocycles. The largest absolute Gasteiger partial charge is 0.460 e. The summed E-state index contributed by atoms with van der Waals surface area (Å²) in [6.07, 6.45) is 4.02. The van der Waals surface area contributed by atoms with Gasteiger partial charge in [-0.2, -0.15) is 0 Å². The molecule has 0 rings (SSSR count). The maximum Gasteiger partial charge on any atom is 0.356 e. The van der Waals surface area contributed by atoms with Crippen molar-refractivity contribution in [2.45, 2.75) is 0 Å². The Balaban J connectivity index is 3.10. The summed E-state index contributed by atoms with van der Waals surface area (Å²) in [5.74, 6) is 0.332. The van der Waals surface area contributed by atoms with Gasteiger partial charge in [-0.25, -0.2) is 4.79 Å². The first-order chi connectivity index (χ1) is 8.16. The van der Waals surface area contributed by atoms with Crippen LogP contribution >= 0.6 is 0 Å². The van der Waals surface area contributed by atoms with E-state index in [1.54, 1.807) is 7.11 Å². The third kappa shape index (κ3) is 13.6.